The minimum absolute atomic E-state index is 0.336. The van der Waals surface area contributed by atoms with Crippen molar-refractivity contribution in [2.24, 2.45) is 5.73 Å². The number of primary amides is 1. The van der Waals surface area contributed by atoms with E-state index in [0.717, 1.165) is 43.0 Å². The minimum atomic E-state index is -0.863. The zero-order chi connectivity index (χ0) is 19.0. The van der Waals surface area contributed by atoms with Crippen molar-refractivity contribution in [2.75, 3.05) is 36.4 Å². The Morgan fingerprint density at radius 3 is 2.30 bits per heavy atom. The molecule has 1 amide bonds. The van der Waals surface area contributed by atoms with E-state index >= 15 is 0 Å². The fourth-order valence-electron chi connectivity index (χ4n) is 4.27. The molecule has 2 aliphatic heterocycles. The van der Waals surface area contributed by atoms with E-state index in [1.807, 2.05) is 30.3 Å². The fraction of sp³-hybridized carbons (Fsp3) is 0.409. The summed E-state index contributed by atoms with van der Waals surface area (Å²) in [6.07, 6.45) is 0.588. The number of carbonyl (C=O) groups excluding carboxylic acids is 1. The third kappa shape index (κ3) is 3.16. The second-order valence-corrected chi connectivity index (χ2v) is 7.89. The van der Waals surface area contributed by atoms with Gasteiger partial charge in [0, 0.05) is 50.0 Å². The van der Waals surface area contributed by atoms with Gasteiger partial charge in [0.05, 0.1) is 0 Å². The van der Waals surface area contributed by atoms with E-state index in [0.29, 0.717) is 12.5 Å². The van der Waals surface area contributed by atoms with Crippen LogP contribution in [-0.4, -0.2) is 43.0 Å². The van der Waals surface area contributed by atoms with Crippen molar-refractivity contribution in [3.05, 3.63) is 59.7 Å². The van der Waals surface area contributed by atoms with Crippen LogP contribution in [0, 0.1) is 0 Å². The van der Waals surface area contributed by atoms with Crippen molar-refractivity contribution in [1.82, 2.24) is 4.90 Å². The predicted molar refractivity (Wildman–Crippen MR) is 110 cm³/mol. The summed E-state index contributed by atoms with van der Waals surface area (Å²) in [5, 5.41) is 3.39. The highest BCUT2D eigenvalue weighted by atomic mass is 16.1. The Bertz CT molecular complexity index is 797. The second kappa shape index (κ2) is 6.89. The third-order valence-electron chi connectivity index (χ3n) is 6.01. The van der Waals surface area contributed by atoms with Gasteiger partial charge in [0.25, 0.3) is 0 Å². The van der Waals surface area contributed by atoms with Gasteiger partial charge >= 0.3 is 0 Å². The number of nitrogens with two attached hydrogens (primary N) is 1. The highest BCUT2D eigenvalue weighted by molar-refractivity contribution is 5.92. The number of hydrogen-bond donors (Lipinski definition) is 2. The lowest BCUT2D eigenvalue weighted by Crippen LogP contribution is -2.49. The molecule has 0 radical (unpaired) electrons. The predicted octanol–water partition coefficient (Wildman–Crippen LogP) is 2.57. The van der Waals surface area contributed by atoms with E-state index in [-0.39, 0.29) is 5.91 Å². The number of anilines is 2. The van der Waals surface area contributed by atoms with Gasteiger partial charge in [-0.05, 0) is 43.2 Å². The number of para-hydroxylation sites is 1. The van der Waals surface area contributed by atoms with Gasteiger partial charge in [-0.25, -0.2) is 0 Å². The number of piperazine rings is 1. The highest BCUT2D eigenvalue weighted by Gasteiger charge is 2.43. The molecule has 5 nitrogen and oxygen atoms in total. The molecule has 27 heavy (non-hydrogen) atoms. The molecule has 2 heterocycles. The van der Waals surface area contributed by atoms with Crippen LogP contribution in [-0.2, 0) is 16.8 Å². The number of nitrogens with one attached hydrogen (secondary N) is 1. The molecule has 2 aromatic carbocycles. The molecule has 1 atom stereocenters. The summed E-state index contributed by atoms with van der Waals surface area (Å²) in [4.78, 5) is 17.3. The first kappa shape index (κ1) is 17.9. The summed E-state index contributed by atoms with van der Waals surface area (Å²) in [6, 6.07) is 17.0. The Kier molecular flexibility index (Phi) is 4.56. The maximum Gasteiger partial charge on any atom is 0.248 e. The number of carbonyl (C=O) groups is 1. The number of rotatable bonds is 4. The average Bonchev–Trinajstić information content (AvgIpc) is 3.09. The van der Waals surface area contributed by atoms with E-state index in [2.05, 4.69) is 47.2 Å². The molecule has 0 bridgehead atoms. The average molecular weight is 364 g/mol. The number of benzene rings is 2. The van der Waals surface area contributed by atoms with Gasteiger partial charge in [-0.15, -0.1) is 0 Å². The lowest BCUT2D eigenvalue weighted by atomic mass is 9.86. The summed E-state index contributed by atoms with van der Waals surface area (Å²) >= 11 is 0. The number of hydrogen-bond acceptors (Lipinski definition) is 4. The second-order valence-electron chi connectivity index (χ2n) is 7.89. The first-order valence-corrected chi connectivity index (χ1v) is 9.75. The molecule has 1 unspecified atom stereocenters. The van der Waals surface area contributed by atoms with Gasteiger partial charge in [-0.3, -0.25) is 9.69 Å². The molecule has 3 N–H and O–H groups in total. The number of fused-ring (bicyclic) bond motifs is 1. The first-order chi connectivity index (χ1) is 13.0. The normalized spacial score (nSPS) is 22.6. The van der Waals surface area contributed by atoms with Crippen LogP contribution in [0.1, 0.15) is 25.0 Å². The third-order valence-corrected chi connectivity index (χ3v) is 6.01. The van der Waals surface area contributed by atoms with Crippen LogP contribution in [0.4, 0.5) is 11.4 Å². The maximum absolute atomic E-state index is 12.4. The standard InChI is InChI=1S/C22H28N4O/c1-16(2)25-11-13-26(14-12-25)19-9-7-18(8-10-19)22(21(23)27)15-17-5-3-4-6-20(17)24-22/h3-10,16,24H,11-15H2,1-2H3,(H2,23,27). The first-order valence-electron chi connectivity index (χ1n) is 9.75. The van der Waals surface area contributed by atoms with E-state index < -0.39 is 5.54 Å². The molecular formula is C22H28N4O. The summed E-state index contributed by atoms with van der Waals surface area (Å²) in [5.74, 6) is -0.336. The van der Waals surface area contributed by atoms with Gasteiger partial charge in [0.1, 0.15) is 5.54 Å². The Morgan fingerprint density at radius 1 is 1.04 bits per heavy atom. The summed E-state index contributed by atoms with van der Waals surface area (Å²) in [5.41, 5.74) is 9.24. The topological polar surface area (TPSA) is 61.6 Å². The van der Waals surface area contributed by atoms with Crippen LogP contribution in [0.15, 0.2) is 48.5 Å². The van der Waals surface area contributed by atoms with Gasteiger partial charge in [-0.1, -0.05) is 30.3 Å². The lowest BCUT2D eigenvalue weighted by molar-refractivity contribution is -0.122. The molecule has 142 valence electrons. The van der Waals surface area contributed by atoms with Crippen LogP contribution >= 0.6 is 0 Å². The summed E-state index contributed by atoms with van der Waals surface area (Å²) in [7, 11) is 0. The highest BCUT2D eigenvalue weighted by Crippen LogP contribution is 2.39. The Balaban J connectivity index is 1.54. The molecular weight excluding hydrogens is 336 g/mol. The van der Waals surface area contributed by atoms with E-state index in [1.165, 1.54) is 5.69 Å². The van der Waals surface area contributed by atoms with Crippen molar-refractivity contribution in [2.45, 2.75) is 31.8 Å². The van der Waals surface area contributed by atoms with Crippen molar-refractivity contribution in [3.8, 4) is 0 Å². The zero-order valence-corrected chi connectivity index (χ0v) is 16.1. The van der Waals surface area contributed by atoms with Crippen LogP contribution in [0.2, 0.25) is 0 Å². The zero-order valence-electron chi connectivity index (χ0n) is 16.1. The number of nitrogens with zero attached hydrogens (tertiary/aromatic N) is 2. The van der Waals surface area contributed by atoms with Crippen molar-refractivity contribution in [3.63, 3.8) is 0 Å². The SMILES string of the molecule is CC(C)N1CCN(c2ccc(C3(C(N)=O)Cc4ccccc4N3)cc2)CC1. The Hall–Kier alpha value is -2.53. The monoisotopic (exact) mass is 364 g/mol. The molecule has 2 aromatic rings. The van der Waals surface area contributed by atoms with Crippen LogP contribution in [0.3, 0.4) is 0 Å². The summed E-state index contributed by atoms with van der Waals surface area (Å²) < 4.78 is 0. The lowest BCUT2D eigenvalue weighted by Gasteiger charge is -2.38. The van der Waals surface area contributed by atoms with Crippen LogP contribution < -0.4 is 16.0 Å². The van der Waals surface area contributed by atoms with Gasteiger partial charge in [0.2, 0.25) is 5.91 Å². The molecule has 0 aromatic heterocycles. The Morgan fingerprint density at radius 2 is 1.70 bits per heavy atom. The number of amides is 1. The largest absolute Gasteiger partial charge is 0.369 e. The molecule has 0 saturated carbocycles. The van der Waals surface area contributed by atoms with Gasteiger partial charge in [-0.2, -0.15) is 0 Å². The van der Waals surface area contributed by atoms with Crippen molar-refractivity contribution in [1.29, 1.82) is 0 Å². The van der Waals surface area contributed by atoms with E-state index in [9.17, 15) is 4.79 Å². The van der Waals surface area contributed by atoms with E-state index in [1.54, 1.807) is 0 Å². The quantitative estimate of drug-likeness (QED) is 0.875. The van der Waals surface area contributed by atoms with Crippen LogP contribution in [0.25, 0.3) is 0 Å². The Labute approximate surface area is 161 Å². The van der Waals surface area contributed by atoms with Crippen LogP contribution in [0.5, 0.6) is 0 Å². The molecule has 0 aliphatic carbocycles. The molecule has 4 rings (SSSR count). The minimum Gasteiger partial charge on any atom is -0.369 e. The van der Waals surface area contributed by atoms with E-state index in [4.69, 9.17) is 5.73 Å². The molecule has 0 spiro atoms. The van der Waals surface area contributed by atoms with Gasteiger partial charge in [0.15, 0.2) is 0 Å². The molecule has 1 fully saturated rings. The maximum atomic E-state index is 12.4. The summed E-state index contributed by atoms with van der Waals surface area (Å²) in [6.45, 7) is 8.73. The van der Waals surface area contributed by atoms with Crippen molar-refractivity contribution >= 4 is 17.3 Å². The molecule has 5 heteroatoms. The molecule has 1 saturated heterocycles. The fourth-order valence-corrected chi connectivity index (χ4v) is 4.27. The molecule has 2 aliphatic rings. The van der Waals surface area contributed by atoms with Crippen molar-refractivity contribution < 1.29 is 4.79 Å². The van der Waals surface area contributed by atoms with Gasteiger partial charge < -0.3 is 16.0 Å². The smallest absolute Gasteiger partial charge is 0.248 e.